The van der Waals surface area contributed by atoms with Gasteiger partial charge in [-0.05, 0) is 37.3 Å². The molecule has 3 rings (SSSR count). The first-order valence-electron chi connectivity index (χ1n) is 7.66. The fourth-order valence-corrected chi connectivity index (χ4v) is 2.78. The van der Waals surface area contributed by atoms with Gasteiger partial charge in [0.15, 0.2) is 11.6 Å². The van der Waals surface area contributed by atoms with E-state index in [2.05, 4.69) is 10.3 Å². The van der Waals surface area contributed by atoms with E-state index >= 15 is 0 Å². The van der Waals surface area contributed by atoms with Gasteiger partial charge < -0.3 is 20.9 Å². The molecule has 130 valence electrons. The van der Waals surface area contributed by atoms with Gasteiger partial charge in [0.05, 0.1) is 18.0 Å². The Balaban J connectivity index is 2.24. The van der Waals surface area contributed by atoms with Crippen LogP contribution < -0.4 is 15.8 Å². The zero-order valence-corrected chi connectivity index (χ0v) is 14.3. The van der Waals surface area contributed by atoms with Gasteiger partial charge in [0.2, 0.25) is 0 Å². The molecule has 0 atom stereocenters. The first-order chi connectivity index (χ1) is 12.0. The Bertz CT molecular complexity index is 877. The smallest absolute Gasteiger partial charge is 0.170 e. The molecule has 0 spiro atoms. The molecule has 1 aliphatic heterocycles. The summed E-state index contributed by atoms with van der Waals surface area (Å²) in [4.78, 5) is 4.46. The summed E-state index contributed by atoms with van der Waals surface area (Å²) in [6.45, 7) is 2.58. The lowest BCUT2D eigenvalue weighted by atomic mass is 10.0. The van der Waals surface area contributed by atoms with Gasteiger partial charge in [0.1, 0.15) is 12.4 Å². The van der Waals surface area contributed by atoms with E-state index in [4.69, 9.17) is 22.1 Å². The van der Waals surface area contributed by atoms with E-state index in [9.17, 15) is 9.50 Å². The van der Waals surface area contributed by atoms with E-state index in [0.717, 1.165) is 0 Å². The normalized spacial score (nSPS) is 14.5. The van der Waals surface area contributed by atoms with Crippen LogP contribution in [0.1, 0.15) is 12.5 Å². The van der Waals surface area contributed by atoms with Crippen LogP contribution in [0.5, 0.6) is 5.75 Å². The van der Waals surface area contributed by atoms with E-state index in [1.54, 1.807) is 6.07 Å². The Labute approximate surface area is 149 Å². The number of hydrogen-bond acceptors (Lipinski definition) is 5. The van der Waals surface area contributed by atoms with Crippen LogP contribution in [0.25, 0.3) is 16.8 Å². The Morgan fingerprint density at radius 3 is 2.96 bits per heavy atom. The highest BCUT2D eigenvalue weighted by molar-refractivity contribution is 6.30. The third-order valence-electron chi connectivity index (χ3n) is 3.67. The maximum atomic E-state index is 14.3. The molecule has 0 aliphatic carbocycles. The van der Waals surface area contributed by atoms with Crippen LogP contribution >= 0.6 is 11.6 Å². The van der Waals surface area contributed by atoms with Crippen LogP contribution in [0.4, 0.5) is 10.2 Å². The average Bonchev–Trinajstić information content (AvgIpc) is 2.60. The predicted molar refractivity (Wildman–Crippen MR) is 97.2 cm³/mol. The van der Waals surface area contributed by atoms with Gasteiger partial charge in [-0.3, -0.25) is 0 Å². The molecular weight excluding hydrogens is 345 g/mol. The summed E-state index contributed by atoms with van der Waals surface area (Å²) in [6.07, 6.45) is 2.86. The molecule has 0 unspecified atom stereocenters. The second-order valence-electron chi connectivity index (χ2n) is 5.54. The summed E-state index contributed by atoms with van der Waals surface area (Å²) < 4.78 is 20.0. The number of pyridine rings is 1. The highest BCUT2D eigenvalue weighted by atomic mass is 35.5. The number of nitrogens with one attached hydrogen (secondary N) is 1. The first-order valence-corrected chi connectivity index (χ1v) is 8.04. The van der Waals surface area contributed by atoms with Crippen LogP contribution in [-0.2, 0) is 0 Å². The molecule has 1 aromatic heterocycles. The molecule has 2 aromatic rings. The molecule has 0 radical (unpaired) electrons. The molecule has 0 fully saturated rings. The molecule has 1 aromatic carbocycles. The Kier molecular flexibility index (Phi) is 4.81. The zero-order chi connectivity index (χ0) is 18.0. The number of fused-ring (bicyclic) bond motifs is 1. The largest absolute Gasteiger partial charge is 0.513 e. The summed E-state index contributed by atoms with van der Waals surface area (Å²) in [5.41, 5.74) is 7.51. The Morgan fingerprint density at radius 1 is 1.44 bits per heavy atom. The van der Waals surface area contributed by atoms with Crippen molar-refractivity contribution < 1.29 is 14.2 Å². The summed E-state index contributed by atoms with van der Waals surface area (Å²) >= 11 is 6.00. The lowest BCUT2D eigenvalue weighted by Crippen LogP contribution is -2.20. The Morgan fingerprint density at radius 2 is 2.24 bits per heavy atom. The van der Waals surface area contributed by atoms with Crippen LogP contribution in [0.15, 0.2) is 42.3 Å². The number of aliphatic hydroxyl groups is 1. The first kappa shape index (κ1) is 17.1. The highest BCUT2D eigenvalue weighted by Gasteiger charge is 2.21. The van der Waals surface area contributed by atoms with Crippen molar-refractivity contribution in [2.75, 3.05) is 18.5 Å². The minimum atomic E-state index is -0.438. The quantitative estimate of drug-likeness (QED) is 0.566. The van der Waals surface area contributed by atoms with E-state index in [1.165, 1.54) is 37.4 Å². The number of halogens is 2. The lowest BCUT2D eigenvalue weighted by Gasteiger charge is -2.22. The van der Waals surface area contributed by atoms with E-state index < -0.39 is 5.82 Å². The summed E-state index contributed by atoms with van der Waals surface area (Å²) in [5, 5.41) is 13.1. The number of benzene rings is 1. The van der Waals surface area contributed by atoms with E-state index in [1.807, 2.05) is 0 Å². The summed E-state index contributed by atoms with van der Waals surface area (Å²) in [5.74, 6) is 0.640. The van der Waals surface area contributed by atoms with Crippen LogP contribution in [0.2, 0.25) is 5.02 Å². The van der Waals surface area contributed by atoms with Gasteiger partial charge in [0.25, 0.3) is 0 Å². The van der Waals surface area contributed by atoms with Crippen molar-refractivity contribution in [1.82, 2.24) is 4.98 Å². The molecule has 7 heteroatoms. The molecular formula is C18H17ClFN3O2. The van der Waals surface area contributed by atoms with Gasteiger partial charge >= 0.3 is 0 Å². The second-order valence-corrected chi connectivity index (χ2v) is 5.98. The number of aliphatic hydroxyl groups excluding tert-OH is 1. The van der Waals surface area contributed by atoms with Gasteiger partial charge in [-0.1, -0.05) is 11.6 Å². The third kappa shape index (κ3) is 3.53. The number of hydrogen-bond donors (Lipinski definition) is 3. The van der Waals surface area contributed by atoms with Crippen LogP contribution in [-0.4, -0.2) is 23.2 Å². The van der Waals surface area contributed by atoms with Gasteiger partial charge in [-0.15, -0.1) is 0 Å². The number of ether oxygens (including phenoxy) is 1. The molecule has 0 bridgehead atoms. The number of aromatic nitrogens is 1. The van der Waals surface area contributed by atoms with Gasteiger partial charge in [0, 0.05) is 27.9 Å². The number of allylic oxidation sites excluding steroid dienone is 3. The third-order valence-corrected chi connectivity index (χ3v) is 3.91. The molecule has 1 aliphatic rings. The maximum Gasteiger partial charge on any atom is 0.170 e. The maximum absolute atomic E-state index is 14.3. The molecule has 5 nitrogen and oxygen atoms in total. The molecule has 0 amide bonds. The highest BCUT2D eigenvalue weighted by Crippen LogP contribution is 2.38. The van der Waals surface area contributed by atoms with Crippen LogP contribution in [0, 0.1) is 5.82 Å². The standard InChI is InChI=1S/C18H17ClFN3O2/c1-10(24)6-11(9-21)13-8-16(14-7-12(19)2-3-15(14)20)23-18-17(13)25-5-4-22-18/h2-3,6-9,24H,4-5,21H2,1H3,(H,22,23)/b10-6+,11-9+. The van der Waals surface area contributed by atoms with Crippen molar-refractivity contribution in [3.05, 3.63) is 58.7 Å². The summed E-state index contributed by atoms with van der Waals surface area (Å²) in [6, 6.07) is 5.95. The monoisotopic (exact) mass is 361 g/mol. The van der Waals surface area contributed by atoms with E-state index in [-0.39, 0.29) is 11.3 Å². The minimum absolute atomic E-state index is 0.0847. The lowest BCUT2D eigenvalue weighted by molar-refractivity contribution is 0.320. The average molecular weight is 362 g/mol. The zero-order valence-electron chi connectivity index (χ0n) is 13.5. The van der Waals surface area contributed by atoms with Crippen molar-refractivity contribution in [3.8, 4) is 17.0 Å². The number of nitrogens with two attached hydrogens (primary N) is 1. The van der Waals surface area contributed by atoms with Gasteiger partial charge in [-0.25, -0.2) is 9.37 Å². The molecule has 0 saturated heterocycles. The molecule has 0 saturated carbocycles. The van der Waals surface area contributed by atoms with Crippen molar-refractivity contribution in [3.63, 3.8) is 0 Å². The summed E-state index contributed by atoms with van der Waals surface area (Å²) in [7, 11) is 0. The Hall–Kier alpha value is -2.73. The van der Waals surface area contributed by atoms with Crippen molar-refractivity contribution in [2.45, 2.75) is 6.92 Å². The van der Waals surface area contributed by atoms with Crippen LogP contribution in [0.3, 0.4) is 0 Å². The van der Waals surface area contributed by atoms with Gasteiger partial charge in [-0.2, -0.15) is 0 Å². The number of nitrogens with zero attached hydrogens (tertiary/aromatic N) is 1. The number of rotatable bonds is 3. The second kappa shape index (κ2) is 7.03. The molecule has 4 N–H and O–H groups in total. The van der Waals surface area contributed by atoms with E-state index in [0.29, 0.717) is 46.6 Å². The number of anilines is 1. The predicted octanol–water partition coefficient (Wildman–Crippen LogP) is 4.11. The molecule has 25 heavy (non-hydrogen) atoms. The van der Waals surface area contributed by atoms with Crippen molar-refractivity contribution in [2.24, 2.45) is 5.73 Å². The fraction of sp³-hybridized carbons (Fsp3) is 0.167. The topological polar surface area (TPSA) is 80.4 Å². The molecule has 2 heterocycles. The van der Waals surface area contributed by atoms with Crippen molar-refractivity contribution in [1.29, 1.82) is 0 Å². The fourth-order valence-electron chi connectivity index (χ4n) is 2.61. The van der Waals surface area contributed by atoms with Crippen molar-refractivity contribution >= 4 is 23.0 Å². The SMILES string of the molecule is C/C(O)=C\C(=C/N)c1cc(-c2cc(Cl)ccc2F)nc2c1OCCN2. The minimum Gasteiger partial charge on any atom is -0.513 e.